The van der Waals surface area contributed by atoms with Gasteiger partial charge in [0, 0.05) is 6.04 Å². The van der Waals surface area contributed by atoms with Crippen molar-refractivity contribution >= 4 is 6.03 Å². The van der Waals surface area contributed by atoms with E-state index in [1.165, 1.54) is 12.8 Å². The third kappa shape index (κ3) is 5.71. The minimum Gasteiger partial charge on any atom is -0.391 e. The molecule has 106 valence electrons. The summed E-state index contributed by atoms with van der Waals surface area (Å²) in [7, 11) is 0. The van der Waals surface area contributed by atoms with E-state index in [0.717, 1.165) is 38.5 Å². The van der Waals surface area contributed by atoms with Crippen LogP contribution in [0.5, 0.6) is 0 Å². The van der Waals surface area contributed by atoms with E-state index in [4.69, 9.17) is 0 Å². The molecule has 4 heteroatoms. The third-order valence-corrected chi connectivity index (χ3v) is 3.66. The smallest absolute Gasteiger partial charge is 0.315 e. The Morgan fingerprint density at radius 2 is 2.06 bits per heavy atom. The van der Waals surface area contributed by atoms with Gasteiger partial charge in [-0.15, -0.1) is 0 Å². The number of aliphatic hydroxyl groups excluding tert-OH is 1. The van der Waals surface area contributed by atoms with Crippen molar-refractivity contribution < 1.29 is 9.90 Å². The lowest BCUT2D eigenvalue weighted by Crippen LogP contribution is -2.50. The number of urea groups is 1. The highest BCUT2D eigenvalue weighted by atomic mass is 16.3. The van der Waals surface area contributed by atoms with Gasteiger partial charge in [-0.3, -0.25) is 0 Å². The maximum Gasteiger partial charge on any atom is 0.315 e. The van der Waals surface area contributed by atoms with Gasteiger partial charge in [0.2, 0.25) is 0 Å². The van der Waals surface area contributed by atoms with Crippen molar-refractivity contribution in [3.05, 3.63) is 0 Å². The minimum atomic E-state index is -0.375. The lowest BCUT2D eigenvalue weighted by atomic mass is 9.93. The number of hydrogen-bond acceptors (Lipinski definition) is 2. The van der Waals surface area contributed by atoms with Crippen LogP contribution in [0.1, 0.15) is 65.2 Å². The largest absolute Gasteiger partial charge is 0.391 e. The molecule has 0 aromatic rings. The Labute approximate surface area is 111 Å². The minimum absolute atomic E-state index is 0.0680. The molecule has 3 atom stereocenters. The number of unbranched alkanes of at least 4 members (excludes halogenated alkanes) is 2. The molecule has 18 heavy (non-hydrogen) atoms. The van der Waals surface area contributed by atoms with Crippen LogP contribution in [0.25, 0.3) is 0 Å². The van der Waals surface area contributed by atoms with Gasteiger partial charge in [-0.1, -0.05) is 39.0 Å². The predicted octanol–water partition coefficient (Wildman–Crippen LogP) is 2.56. The molecule has 3 unspecified atom stereocenters. The Morgan fingerprint density at radius 3 is 2.72 bits per heavy atom. The molecular weight excluding hydrogens is 228 g/mol. The molecule has 0 spiro atoms. The van der Waals surface area contributed by atoms with Crippen molar-refractivity contribution in [2.75, 3.05) is 0 Å². The highest BCUT2D eigenvalue weighted by molar-refractivity contribution is 5.74. The van der Waals surface area contributed by atoms with E-state index in [0.29, 0.717) is 0 Å². The fraction of sp³-hybridized carbons (Fsp3) is 0.929. The highest BCUT2D eigenvalue weighted by Crippen LogP contribution is 2.18. The summed E-state index contributed by atoms with van der Waals surface area (Å²) in [4.78, 5) is 11.8. The van der Waals surface area contributed by atoms with Gasteiger partial charge in [0.05, 0.1) is 12.1 Å². The molecule has 1 rings (SSSR count). The van der Waals surface area contributed by atoms with Gasteiger partial charge in [0.1, 0.15) is 0 Å². The fourth-order valence-electron chi connectivity index (χ4n) is 2.49. The van der Waals surface area contributed by atoms with E-state index in [1.54, 1.807) is 0 Å². The number of nitrogens with one attached hydrogen (secondary N) is 2. The van der Waals surface area contributed by atoms with Gasteiger partial charge in [-0.25, -0.2) is 4.79 Å². The standard InChI is InChI=1S/C14H28N2O2/c1-3-4-5-8-11(2)15-14(18)16-12-9-6-7-10-13(12)17/h11-13,17H,3-10H2,1-2H3,(H2,15,16,18). The summed E-state index contributed by atoms with van der Waals surface area (Å²) in [6.07, 6.45) is 8.07. The molecular formula is C14H28N2O2. The number of amides is 2. The summed E-state index contributed by atoms with van der Waals surface area (Å²) in [5.41, 5.74) is 0. The lowest BCUT2D eigenvalue weighted by molar-refractivity contribution is 0.0940. The van der Waals surface area contributed by atoms with E-state index >= 15 is 0 Å². The molecule has 1 saturated carbocycles. The number of aliphatic hydroxyl groups is 1. The average molecular weight is 256 g/mol. The first kappa shape index (κ1) is 15.3. The van der Waals surface area contributed by atoms with Crippen LogP contribution < -0.4 is 10.6 Å². The molecule has 0 radical (unpaired) electrons. The van der Waals surface area contributed by atoms with Crippen molar-refractivity contribution in [1.82, 2.24) is 10.6 Å². The zero-order chi connectivity index (χ0) is 13.4. The Bertz CT molecular complexity index is 246. The van der Waals surface area contributed by atoms with E-state index in [-0.39, 0.29) is 24.2 Å². The van der Waals surface area contributed by atoms with Crippen LogP contribution in [-0.2, 0) is 0 Å². The molecule has 2 amide bonds. The molecule has 0 aromatic heterocycles. The zero-order valence-corrected chi connectivity index (χ0v) is 11.7. The first-order valence-corrected chi connectivity index (χ1v) is 7.38. The topological polar surface area (TPSA) is 61.4 Å². The van der Waals surface area contributed by atoms with Gasteiger partial charge < -0.3 is 15.7 Å². The van der Waals surface area contributed by atoms with Crippen molar-refractivity contribution in [3.63, 3.8) is 0 Å². The van der Waals surface area contributed by atoms with E-state index in [9.17, 15) is 9.90 Å². The molecule has 0 aliphatic heterocycles. The normalized spacial score (nSPS) is 25.5. The van der Waals surface area contributed by atoms with Crippen LogP contribution in [-0.4, -0.2) is 29.3 Å². The molecule has 3 N–H and O–H groups in total. The van der Waals surface area contributed by atoms with Crippen LogP contribution in [0.15, 0.2) is 0 Å². The fourth-order valence-corrected chi connectivity index (χ4v) is 2.49. The second-order valence-electron chi connectivity index (χ2n) is 5.47. The first-order valence-electron chi connectivity index (χ1n) is 7.38. The Balaban J connectivity index is 2.19. The zero-order valence-electron chi connectivity index (χ0n) is 11.7. The number of hydrogen-bond donors (Lipinski definition) is 3. The van der Waals surface area contributed by atoms with E-state index in [1.807, 2.05) is 6.92 Å². The van der Waals surface area contributed by atoms with E-state index in [2.05, 4.69) is 17.6 Å². The van der Waals surface area contributed by atoms with Crippen LogP contribution in [0.3, 0.4) is 0 Å². The first-order chi connectivity index (χ1) is 8.63. The van der Waals surface area contributed by atoms with Crippen LogP contribution >= 0.6 is 0 Å². The van der Waals surface area contributed by atoms with Crippen LogP contribution in [0, 0.1) is 0 Å². The SMILES string of the molecule is CCCCCC(C)NC(=O)NC1CCCCC1O. The van der Waals surface area contributed by atoms with Crippen LogP contribution in [0.4, 0.5) is 4.79 Å². The summed E-state index contributed by atoms with van der Waals surface area (Å²) >= 11 is 0. The van der Waals surface area contributed by atoms with Crippen molar-refractivity contribution in [2.24, 2.45) is 0 Å². The highest BCUT2D eigenvalue weighted by Gasteiger charge is 2.24. The Kier molecular flexibility index (Phi) is 7.09. The number of carbonyl (C=O) groups excluding carboxylic acids is 1. The van der Waals surface area contributed by atoms with Crippen molar-refractivity contribution in [1.29, 1.82) is 0 Å². The summed E-state index contributed by atoms with van der Waals surface area (Å²) in [6.45, 7) is 4.21. The number of carbonyl (C=O) groups is 1. The molecule has 0 aromatic carbocycles. The van der Waals surface area contributed by atoms with Gasteiger partial charge in [0.25, 0.3) is 0 Å². The summed E-state index contributed by atoms with van der Waals surface area (Å²) in [6, 6.07) is 0.00354. The maximum absolute atomic E-state index is 11.8. The summed E-state index contributed by atoms with van der Waals surface area (Å²) in [5.74, 6) is 0. The maximum atomic E-state index is 11.8. The second kappa shape index (κ2) is 8.35. The molecule has 0 bridgehead atoms. The van der Waals surface area contributed by atoms with Crippen molar-refractivity contribution in [2.45, 2.75) is 83.4 Å². The Hall–Kier alpha value is -0.770. The summed E-state index contributed by atoms with van der Waals surface area (Å²) in [5, 5.41) is 15.6. The van der Waals surface area contributed by atoms with Gasteiger partial charge >= 0.3 is 6.03 Å². The molecule has 1 fully saturated rings. The van der Waals surface area contributed by atoms with Gasteiger partial charge in [-0.2, -0.15) is 0 Å². The average Bonchev–Trinajstić information content (AvgIpc) is 2.32. The Morgan fingerprint density at radius 1 is 1.33 bits per heavy atom. The second-order valence-corrected chi connectivity index (χ2v) is 5.47. The molecule has 0 heterocycles. The molecule has 4 nitrogen and oxygen atoms in total. The quantitative estimate of drug-likeness (QED) is 0.640. The van der Waals surface area contributed by atoms with Gasteiger partial charge in [0.15, 0.2) is 0 Å². The molecule has 0 saturated heterocycles. The van der Waals surface area contributed by atoms with Crippen LogP contribution in [0.2, 0.25) is 0 Å². The summed E-state index contributed by atoms with van der Waals surface area (Å²) < 4.78 is 0. The number of rotatable bonds is 6. The predicted molar refractivity (Wildman–Crippen MR) is 73.5 cm³/mol. The monoisotopic (exact) mass is 256 g/mol. The lowest BCUT2D eigenvalue weighted by Gasteiger charge is -2.29. The molecule has 1 aliphatic rings. The van der Waals surface area contributed by atoms with Crippen molar-refractivity contribution in [3.8, 4) is 0 Å². The van der Waals surface area contributed by atoms with Gasteiger partial charge in [-0.05, 0) is 26.2 Å². The van der Waals surface area contributed by atoms with E-state index < -0.39 is 0 Å². The molecule has 1 aliphatic carbocycles. The third-order valence-electron chi connectivity index (χ3n) is 3.66.